The van der Waals surface area contributed by atoms with E-state index in [2.05, 4.69) is 60.3 Å². The van der Waals surface area contributed by atoms with Gasteiger partial charge >= 0.3 is 0 Å². The average Bonchev–Trinajstić information content (AvgIpc) is 2.62. The van der Waals surface area contributed by atoms with E-state index in [1.165, 1.54) is 16.7 Å². The van der Waals surface area contributed by atoms with Crippen molar-refractivity contribution in [2.75, 3.05) is 43.4 Å². The number of rotatable bonds is 5. The van der Waals surface area contributed by atoms with E-state index in [-0.39, 0.29) is 5.91 Å². The maximum atomic E-state index is 12.5. The number of para-hydroxylation sites is 2. The lowest BCUT2D eigenvalue weighted by Crippen LogP contribution is -2.44. The van der Waals surface area contributed by atoms with Crippen LogP contribution in [0.25, 0.3) is 0 Å². The smallest absolute Gasteiger partial charge is 0.224 e. The Bertz CT molecular complexity index is 764. The highest BCUT2D eigenvalue weighted by atomic mass is 16.1. The van der Waals surface area contributed by atoms with Crippen LogP contribution in [-0.2, 0) is 11.2 Å². The Morgan fingerprint density at radius 1 is 1.04 bits per heavy atom. The minimum atomic E-state index is 0.0755. The van der Waals surface area contributed by atoms with Gasteiger partial charge in [-0.25, -0.2) is 0 Å². The van der Waals surface area contributed by atoms with Crippen LogP contribution < -0.4 is 10.2 Å². The molecular weight excluding hydrogens is 322 g/mol. The maximum Gasteiger partial charge on any atom is 0.224 e. The van der Waals surface area contributed by atoms with E-state index in [1.54, 1.807) is 0 Å². The summed E-state index contributed by atoms with van der Waals surface area (Å²) in [4.78, 5) is 17.2. The molecule has 1 amide bonds. The summed E-state index contributed by atoms with van der Waals surface area (Å²) in [5, 5.41) is 3.13. The quantitative estimate of drug-likeness (QED) is 0.893. The molecule has 0 bridgehead atoms. The van der Waals surface area contributed by atoms with Crippen molar-refractivity contribution >= 4 is 17.3 Å². The first-order valence-corrected chi connectivity index (χ1v) is 9.41. The summed E-state index contributed by atoms with van der Waals surface area (Å²) in [6.07, 6.45) is 1.27. The number of amides is 1. The van der Waals surface area contributed by atoms with E-state index < -0.39 is 0 Å². The van der Waals surface area contributed by atoms with Crippen LogP contribution in [-0.4, -0.2) is 44.0 Å². The van der Waals surface area contributed by atoms with Crippen LogP contribution in [0.2, 0.25) is 0 Å². The second-order valence-corrected chi connectivity index (χ2v) is 7.29. The molecule has 4 heteroatoms. The first-order chi connectivity index (χ1) is 12.5. The van der Waals surface area contributed by atoms with E-state index in [1.807, 2.05) is 18.2 Å². The van der Waals surface area contributed by atoms with Gasteiger partial charge in [-0.05, 0) is 50.6 Å². The summed E-state index contributed by atoms with van der Waals surface area (Å²) in [6, 6.07) is 14.6. The summed E-state index contributed by atoms with van der Waals surface area (Å²) in [6.45, 7) is 8.30. The van der Waals surface area contributed by atoms with Gasteiger partial charge in [0.2, 0.25) is 5.91 Å². The number of hydrogen-bond donors (Lipinski definition) is 1. The van der Waals surface area contributed by atoms with Crippen molar-refractivity contribution in [1.82, 2.24) is 4.90 Å². The van der Waals surface area contributed by atoms with Gasteiger partial charge in [-0.15, -0.1) is 0 Å². The third-order valence-electron chi connectivity index (χ3n) is 5.14. The Morgan fingerprint density at radius 3 is 2.50 bits per heavy atom. The summed E-state index contributed by atoms with van der Waals surface area (Å²) >= 11 is 0. The largest absolute Gasteiger partial charge is 0.367 e. The molecule has 0 aromatic heterocycles. The SMILES string of the molecule is Cc1ccc(CCC(=O)Nc2ccccc2N2CCN(C)CC2)c(C)c1. The number of benzene rings is 2. The molecule has 3 rings (SSSR count). The van der Waals surface area contributed by atoms with Crippen molar-refractivity contribution in [3.05, 3.63) is 59.2 Å². The van der Waals surface area contributed by atoms with Crippen LogP contribution in [0, 0.1) is 13.8 Å². The predicted molar refractivity (Wildman–Crippen MR) is 109 cm³/mol. The molecule has 0 atom stereocenters. The molecule has 1 saturated heterocycles. The van der Waals surface area contributed by atoms with Crippen LogP contribution in [0.4, 0.5) is 11.4 Å². The molecule has 0 saturated carbocycles. The fourth-order valence-corrected chi connectivity index (χ4v) is 3.49. The molecule has 1 N–H and O–H groups in total. The lowest BCUT2D eigenvalue weighted by molar-refractivity contribution is -0.116. The Labute approximate surface area is 156 Å². The van der Waals surface area contributed by atoms with Crippen LogP contribution in [0.15, 0.2) is 42.5 Å². The summed E-state index contributed by atoms with van der Waals surface area (Å²) < 4.78 is 0. The van der Waals surface area contributed by atoms with Gasteiger partial charge in [0.1, 0.15) is 0 Å². The van der Waals surface area contributed by atoms with Crippen molar-refractivity contribution < 1.29 is 4.79 Å². The molecule has 138 valence electrons. The Balaban J connectivity index is 1.62. The highest BCUT2D eigenvalue weighted by Crippen LogP contribution is 2.26. The van der Waals surface area contributed by atoms with E-state index in [0.29, 0.717) is 6.42 Å². The van der Waals surface area contributed by atoms with Crippen LogP contribution in [0.5, 0.6) is 0 Å². The third kappa shape index (κ3) is 4.64. The highest BCUT2D eigenvalue weighted by molar-refractivity contribution is 5.94. The van der Waals surface area contributed by atoms with E-state index in [9.17, 15) is 4.79 Å². The van der Waals surface area contributed by atoms with Gasteiger partial charge in [0, 0.05) is 32.6 Å². The van der Waals surface area contributed by atoms with E-state index in [4.69, 9.17) is 0 Å². The molecule has 1 heterocycles. The number of piperazine rings is 1. The monoisotopic (exact) mass is 351 g/mol. The number of anilines is 2. The topological polar surface area (TPSA) is 35.6 Å². The van der Waals surface area contributed by atoms with Gasteiger partial charge in [-0.2, -0.15) is 0 Å². The number of carbonyl (C=O) groups excluding carboxylic acids is 1. The summed E-state index contributed by atoms with van der Waals surface area (Å²) in [5.74, 6) is 0.0755. The highest BCUT2D eigenvalue weighted by Gasteiger charge is 2.17. The predicted octanol–water partition coefficient (Wildman–Crippen LogP) is 3.63. The van der Waals surface area contributed by atoms with Crippen molar-refractivity contribution in [3.8, 4) is 0 Å². The van der Waals surface area contributed by atoms with E-state index in [0.717, 1.165) is 44.0 Å². The normalized spacial score (nSPS) is 15.1. The molecule has 0 radical (unpaired) electrons. The van der Waals surface area contributed by atoms with Gasteiger partial charge < -0.3 is 15.1 Å². The number of likely N-dealkylation sites (N-methyl/N-ethyl adjacent to an activating group) is 1. The average molecular weight is 351 g/mol. The first-order valence-electron chi connectivity index (χ1n) is 9.41. The van der Waals surface area contributed by atoms with Gasteiger partial charge in [0.05, 0.1) is 11.4 Å². The van der Waals surface area contributed by atoms with Crippen molar-refractivity contribution in [1.29, 1.82) is 0 Å². The number of carbonyl (C=O) groups is 1. The molecular formula is C22H29N3O. The fourth-order valence-electron chi connectivity index (χ4n) is 3.49. The Morgan fingerprint density at radius 2 is 1.77 bits per heavy atom. The van der Waals surface area contributed by atoms with Gasteiger partial charge in [0.25, 0.3) is 0 Å². The first kappa shape index (κ1) is 18.5. The molecule has 0 spiro atoms. The molecule has 1 fully saturated rings. The molecule has 1 aliphatic heterocycles. The van der Waals surface area contributed by atoms with Crippen molar-refractivity contribution in [2.45, 2.75) is 26.7 Å². The zero-order valence-electron chi connectivity index (χ0n) is 16.1. The van der Waals surface area contributed by atoms with Crippen molar-refractivity contribution in [3.63, 3.8) is 0 Å². The molecule has 0 aliphatic carbocycles. The molecule has 2 aromatic carbocycles. The number of hydrogen-bond acceptors (Lipinski definition) is 3. The minimum Gasteiger partial charge on any atom is -0.367 e. The second-order valence-electron chi connectivity index (χ2n) is 7.29. The van der Waals surface area contributed by atoms with Gasteiger partial charge in [-0.1, -0.05) is 35.9 Å². The van der Waals surface area contributed by atoms with Gasteiger partial charge in [-0.3, -0.25) is 4.79 Å². The lowest BCUT2D eigenvalue weighted by Gasteiger charge is -2.35. The van der Waals surface area contributed by atoms with Crippen LogP contribution in [0.1, 0.15) is 23.1 Å². The maximum absolute atomic E-state index is 12.5. The minimum absolute atomic E-state index is 0.0755. The standard InChI is InChI=1S/C22H29N3O/c1-17-8-9-19(18(2)16-17)10-11-22(26)23-20-6-4-5-7-21(20)25-14-12-24(3)13-15-25/h4-9,16H,10-15H2,1-3H3,(H,23,26). The van der Waals surface area contributed by atoms with Crippen LogP contribution in [0.3, 0.4) is 0 Å². The summed E-state index contributed by atoms with van der Waals surface area (Å²) in [7, 11) is 2.15. The van der Waals surface area contributed by atoms with E-state index >= 15 is 0 Å². The molecule has 0 unspecified atom stereocenters. The third-order valence-corrected chi connectivity index (χ3v) is 5.14. The Hall–Kier alpha value is -2.33. The molecule has 26 heavy (non-hydrogen) atoms. The zero-order chi connectivity index (χ0) is 18.5. The van der Waals surface area contributed by atoms with Crippen LogP contribution >= 0.6 is 0 Å². The number of nitrogens with zero attached hydrogens (tertiary/aromatic N) is 2. The zero-order valence-corrected chi connectivity index (χ0v) is 16.1. The fraction of sp³-hybridized carbons (Fsp3) is 0.409. The molecule has 2 aromatic rings. The Kier molecular flexibility index (Phi) is 5.94. The molecule has 1 aliphatic rings. The summed E-state index contributed by atoms with van der Waals surface area (Å²) in [5.41, 5.74) is 5.81. The number of nitrogens with one attached hydrogen (secondary N) is 1. The number of aryl methyl sites for hydroxylation is 3. The van der Waals surface area contributed by atoms with Gasteiger partial charge in [0.15, 0.2) is 0 Å². The lowest BCUT2D eigenvalue weighted by atomic mass is 10.0. The second kappa shape index (κ2) is 8.37. The molecule has 4 nitrogen and oxygen atoms in total. The van der Waals surface area contributed by atoms with Crippen molar-refractivity contribution in [2.24, 2.45) is 0 Å².